The molecular weight excluding hydrogens is 416 g/mol. The Labute approximate surface area is 174 Å². The summed E-state index contributed by atoms with van der Waals surface area (Å²) in [4.78, 5) is 11.9. The Kier molecular flexibility index (Phi) is 6.37. The number of nitrogens with one attached hydrogen (secondary N) is 1. The Morgan fingerprint density at radius 1 is 1.00 bits per heavy atom. The lowest BCUT2D eigenvalue weighted by Crippen LogP contribution is -2.15. The van der Waals surface area contributed by atoms with E-state index in [2.05, 4.69) is 69.1 Å². The number of hydrogen-bond donors (Lipinski definition) is 2. The van der Waals surface area contributed by atoms with Gasteiger partial charge in [-0.05, 0) is 44.0 Å². The van der Waals surface area contributed by atoms with Crippen LogP contribution in [-0.2, 0) is 19.6 Å². The van der Waals surface area contributed by atoms with Gasteiger partial charge in [-0.1, -0.05) is 57.9 Å². The van der Waals surface area contributed by atoms with E-state index in [1.807, 2.05) is 26.0 Å². The second kappa shape index (κ2) is 8.76. The van der Waals surface area contributed by atoms with Crippen molar-refractivity contribution >= 4 is 21.9 Å². The summed E-state index contributed by atoms with van der Waals surface area (Å²) in [5, 5.41) is 13.2. The fourth-order valence-corrected chi connectivity index (χ4v) is 3.99. The molecule has 146 valence electrons. The van der Waals surface area contributed by atoms with Crippen LogP contribution in [0.3, 0.4) is 0 Å². The number of rotatable bonds is 7. The zero-order valence-electron chi connectivity index (χ0n) is 16.4. The van der Waals surface area contributed by atoms with Gasteiger partial charge in [-0.15, -0.1) is 0 Å². The smallest absolute Gasteiger partial charge is 0.337 e. The molecule has 3 rings (SSSR count). The van der Waals surface area contributed by atoms with Crippen LogP contribution in [-0.4, -0.2) is 15.6 Å². The van der Waals surface area contributed by atoms with Gasteiger partial charge in [0.1, 0.15) is 0 Å². The van der Waals surface area contributed by atoms with Gasteiger partial charge < -0.3 is 15.0 Å². The molecule has 28 heavy (non-hydrogen) atoms. The van der Waals surface area contributed by atoms with Gasteiger partial charge in [-0.3, -0.25) is 0 Å². The highest BCUT2D eigenvalue weighted by atomic mass is 79.9. The van der Waals surface area contributed by atoms with Crippen LogP contribution in [0.25, 0.3) is 0 Å². The first-order valence-electron chi connectivity index (χ1n) is 9.29. The van der Waals surface area contributed by atoms with Crippen molar-refractivity contribution < 1.29 is 9.90 Å². The summed E-state index contributed by atoms with van der Waals surface area (Å²) in [5.41, 5.74) is 6.59. The van der Waals surface area contributed by atoms with Gasteiger partial charge in [-0.25, -0.2) is 4.79 Å². The molecule has 0 fully saturated rings. The molecule has 0 aliphatic heterocycles. The molecule has 1 heterocycles. The van der Waals surface area contributed by atoms with Crippen LogP contribution in [0.5, 0.6) is 0 Å². The number of nitrogens with zero attached hydrogens (tertiary/aromatic N) is 1. The maximum atomic E-state index is 11.9. The van der Waals surface area contributed by atoms with E-state index in [0.717, 1.165) is 32.6 Å². The molecule has 0 aliphatic carbocycles. The highest BCUT2D eigenvalue weighted by Crippen LogP contribution is 2.24. The molecule has 0 amide bonds. The van der Waals surface area contributed by atoms with Crippen molar-refractivity contribution in [2.45, 2.75) is 40.4 Å². The van der Waals surface area contributed by atoms with Crippen LogP contribution in [0.1, 0.15) is 44.0 Å². The molecule has 1 aromatic heterocycles. The van der Waals surface area contributed by atoms with Crippen LogP contribution in [0.4, 0.5) is 0 Å². The van der Waals surface area contributed by atoms with Gasteiger partial charge >= 0.3 is 5.97 Å². The standard InChI is InChI=1S/C23H25BrN2O2/c1-15-7-9-18(10-8-15)14-26-16(2)21(22(17(26)3)23(27)28)13-25-12-19-5-4-6-20(24)11-19/h4-11,25H,12-14H2,1-3H3,(H,27,28). The number of aromatic nitrogens is 1. The maximum Gasteiger partial charge on any atom is 0.337 e. The molecule has 0 aliphatic rings. The van der Waals surface area contributed by atoms with E-state index < -0.39 is 5.97 Å². The Balaban J connectivity index is 1.83. The van der Waals surface area contributed by atoms with E-state index in [1.54, 1.807) is 0 Å². The molecule has 3 aromatic rings. The van der Waals surface area contributed by atoms with Crippen LogP contribution in [0, 0.1) is 20.8 Å². The summed E-state index contributed by atoms with van der Waals surface area (Å²) < 4.78 is 3.14. The molecule has 4 nitrogen and oxygen atoms in total. The van der Waals surface area contributed by atoms with Crippen molar-refractivity contribution in [3.8, 4) is 0 Å². The van der Waals surface area contributed by atoms with Gasteiger partial charge in [0.15, 0.2) is 0 Å². The zero-order chi connectivity index (χ0) is 20.3. The quantitative estimate of drug-likeness (QED) is 0.529. The summed E-state index contributed by atoms with van der Waals surface area (Å²) in [6.07, 6.45) is 0. The number of aryl methyl sites for hydroxylation is 1. The fraction of sp³-hybridized carbons (Fsp3) is 0.261. The first kappa shape index (κ1) is 20.4. The maximum absolute atomic E-state index is 11.9. The highest BCUT2D eigenvalue weighted by Gasteiger charge is 2.22. The van der Waals surface area contributed by atoms with E-state index in [4.69, 9.17) is 0 Å². The number of aromatic carboxylic acids is 1. The molecule has 0 radical (unpaired) electrons. The van der Waals surface area contributed by atoms with Crippen molar-refractivity contribution in [3.63, 3.8) is 0 Å². The number of carboxylic acid groups (broad SMARTS) is 1. The first-order valence-corrected chi connectivity index (χ1v) is 10.1. The van der Waals surface area contributed by atoms with E-state index in [1.165, 1.54) is 5.56 Å². The molecule has 0 saturated heterocycles. The third-order valence-electron chi connectivity index (χ3n) is 5.11. The van der Waals surface area contributed by atoms with Crippen molar-refractivity contribution in [2.75, 3.05) is 0 Å². The molecule has 0 bridgehead atoms. The van der Waals surface area contributed by atoms with Gasteiger partial charge in [-0.2, -0.15) is 0 Å². The topological polar surface area (TPSA) is 54.3 Å². The Bertz CT molecular complexity index is 991. The van der Waals surface area contributed by atoms with Crippen LogP contribution in [0.15, 0.2) is 53.0 Å². The lowest BCUT2D eigenvalue weighted by molar-refractivity contribution is 0.0694. The molecule has 0 saturated carbocycles. The molecule has 2 N–H and O–H groups in total. The molecular formula is C23H25BrN2O2. The van der Waals surface area contributed by atoms with Crippen molar-refractivity contribution in [2.24, 2.45) is 0 Å². The summed E-state index contributed by atoms with van der Waals surface area (Å²) in [5.74, 6) is -0.873. The SMILES string of the molecule is Cc1ccc(Cn2c(C)c(CNCc3cccc(Br)c3)c(C(=O)O)c2C)cc1. The van der Waals surface area contributed by atoms with E-state index >= 15 is 0 Å². The highest BCUT2D eigenvalue weighted by molar-refractivity contribution is 9.10. The molecule has 2 aromatic carbocycles. The van der Waals surface area contributed by atoms with E-state index in [9.17, 15) is 9.90 Å². The van der Waals surface area contributed by atoms with Crippen molar-refractivity contribution in [1.29, 1.82) is 0 Å². The number of carboxylic acids is 1. The third kappa shape index (κ3) is 4.54. The minimum Gasteiger partial charge on any atom is -0.478 e. The predicted octanol–water partition coefficient (Wildman–Crippen LogP) is 5.21. The fourth-order valence-electron chi connectivity index (χ4n) is 3.54. The van der Waals surface area contributed by atoms with Gasteiger partial charge in [0.2, 0.25) is 0 Å². The van der Waals surface area contributed by atoms with Gasteiger partial charge in [0, 0.05) is 41.1 Å². The van der Waals surface area contributed by atoms with Crippen molar-refractivity contribution in [1.82, 2.24) is 9.88 Å². The lowest BCUT2D eigenvalue weighted by atomic mass is 10.1. The summed E-state index contributed by atoms with van der Waals surface area (Å²) in [6.45, 7) is 7.82. The largest absolute Gasteiger partial charge is 0.478 e. The second-order valence-electron chi connectivity index (χ2n) is 7.13. The average Bonchev–Trinajstić information content (AvgIpc) is 2.88. The normalized spacial score (nSPS) is 11.0. The minimum absolute atomic E-state index is 0.409. The minimum atomic E-state index is -0.873. The van der Waals surface area contributed by atoms with Gasteiger partial charge in [0.25, 0.3) is 0 Å². The molecule has 5 heteroatoms. The zero-order valence-corrected chi connectivity index (χ0v) is 18.0. The summed E-state index contributed by atoms with van der Waals surface area (Å²) in [7, 11) is 0. The predicted molar refractivity (Wildman–Crippen MR) is 116 cm³/mol. The monoisotopic (exact) mass is 440 g/mol. The molecule has 0 unspecified atom stereocenters. The van der Waals surface area contributed by atoms with Crippen molar-refractivity contribution in [3.05, 3.63) is 92.2 Å². The molecule has 0 atom stereocenters. The van der Waals surface area contributed by atoms with Gasteiger partial charge in [0.05, 0.1) is 5.56 Å². The lowest BCUT2D eigenvalue weighted by Gasteiger charge is -2.11. The second-order valence-corrected chi connectivity index (χ2v) is 8.05. The third-order valence-corrected chi connectivity index (χ3v) is 5.60. The Morgan fingerprint density at radius 2 is 1.71 bits per heavy atom. The Hall–Kier alpha value is -2.37. The first-order chi connectivity index (χ1) is 13.4. The number of benzene rings is 2. The number of hydrogen-bond acceptors (Lipinski definition) is 2. The van der Waals surface area contributed by atoms with Crippen LogP contribution < -0.4 is 5.32 Å². The average molecular weight is 441 g/mol. The number of halogens is 1. The molecule has 0 spiro atoms. The van der Waals surface area contributed by atoms with Crippen LogP contribution in [0.2, 0.25) is 0 Å². The summed E-state index contributed by atoms with van der Waals surface area (Å²) >= 11 is 3.48. The number of carbonyl (C=O) groups is 1. The Morgan fingerprint density at radius 3 is 2.36 bits per heavy atom. The van der Waals surface area contributed by atoms with Crippen LogP contribution >= 0.6 is 15.9 Å². The summed E-state index contributed by atoms with van der Waals surface area (Å²) in [6, 6.07) is 16.5. The van der Waals surface area contributed by atoms with E-state index in [-0.39, 0.29) is 0 Å². The van der Waals surface area contributed by atoms with E-state index in [0.29, 0.717) is 25.2 Å².